The molecule has 3 heteroatoms. The summed E-state index contributed by atoms with van der Waals surface area (Å²) in [5, 5.41) is 0.706. The minimum atomic E-state index is 0.159. The highest BCUT2D eigenvalue weighted by Gasteiger charge is 2.14. The van der Waals surface area contributed by atoms with Crippen molar-refractivity contribution in [3.63, 3.8) is 0 Å². The zero-order valence-corrected chi connectivity index (χ0v) is 17.7. The van der Waals surface area contributed by atoms with E-state index in [1.54, 1.807) is 0 Å². The first-order chi connectivity index (χ1) is 12.7. The van der Waals surface area contributed by atoms with Crippen LogP contribution in [0.1, 0.15) is 48.8 Å². The first-order valence-electron chi connectivity index (χ1n) is 9.27. The molecule has 0 unspecified atom stereocenters. The van der Waals surface area contributed by atoms with Gasteiger partial charge in [-0.2, -0.15) is 0 Å². The van der Waals surface area contributed by atoms with E-state index in [2.05, 4.69) is 74.5 Å². The molecule has 0 saturated carbocycles. The molecule has 3 rings (SSSR count). The van der Waals surface area contributed by atoms with Gasteiger partial charge in [0.1, 0.15) is 0 Å². The molecule has 0 fully saturated rings. The number of hydrogen-bond donors (Lipinski definition) is 0. The van der Waals surface area contributed by atoms with E-state index in [1.165, 1.54) is 22.6 Å². The predicted molar refractivity (Wildman–Crippen MR) is 117 cm³/mol. The van der Waals surface area contributed by atoms with Gasteiger partial charge in [0.05, 0.1) is 5.69 Å². The Morgan fingerprint density at radius 1 is 0.926 bits per heavy atom. The van der Waals surface area contributed by atoms with E-state index in [9.17, 15) is 0 Å². The van der Waals surface area contributed by atoms with Gasteiger partial charge in [0, 0.05) is 33.9 Å². The van der Waals surface area contributed by atoms with Crippen molar-refractivity contribution in [2.45, 2.75) is 47.0 Å². The number of aliphatic imine (C=N–C) groups is 1. The topological polar surface area (TPSA) is 17.3 Å². The van der Waals surface area contributed by atoms with Crippen molar-refractivity contribution in [2.75, 3.05) is 0 Å². The minimum Gasteiger partial charge on any atom is -0.318 e. The van der Waals surface area contributed by atoms with Crippen LogP contribution in [0.2, 0.25) is 5.02 Å². The van der Waals surface area contributed by atoms with Crippen LogP contribution >= 0.6 is 11.6 Å². The van der Waals surface area contributed by atoms with Crippen LogP contribution in [0.5, 0.6) is 0 Å². The van der Waals surface area contributed by atoms with Gasteiger partial charge in [-0.25, -0.2) is 0 Å². The molecule has 0 spiro atoms. The van der Waals surface area contributed by atoms with Crippen LogP contribution in [-0.4, -0.2) is 10.8 Å². The number of rotatable bonds is 3. The van der Waals surface area contributed by atoms with E-state index in [1.807, 2.05) is 31.3 Å². The summed E-state index contributed by atoms with van der Waals surface area (Å²) >= 11 is 6.11. The first kappa shape index (κ1) is 19.4. The van der Waals surface area contributed by atoms with E-state index < -0.39 is 0 Å². The number of hydrogen-bond acceptors (Lipinski definition) is 1. The molecule has 0 bridgehead atoms. The van der Waals surface area contributed by atoms with Gasteiger partial charge < -0.3 is 4.57 Å². The fourth-order valence-corrected chi connectivity index (χ4v) is 3.45. The quantitative estimate of drug-likeness (QED) is 0.432. The zero-order chi connectivity index (χ0) is 19.8. The van der Waals surface area contributed by atoms with Crippen LogP contribution < -0.4 is 0 Å². The normalized spacial score (nSPS) is 12.1. The van der Waals surface area contributed by atoms with Crippen molar-refractivity contribution in [3.8, 4) is 5.69 Å². The smallest absolute Gasteiger partial charge is 0.0673 e. The molecule has 140 valence electrons. The van der Waals surface area contributed by atoms with Gasteiger partial charge in [0.2, 0.25) is 0 Å². The molecule has 0 atom stereocenters. The van der Waals surface area contributed by atoms with Gasteiger partial charge >= 0.3 is 0 Å². The van der Waals surface area contributed by atoms with Crippen molar-refractivity contribution in [3.05, 3.63) is 81.6 Å². The molecule has 0 saturated heterocycles. The summed E-state index contributed by atoms with van der Waals surface area (Å²) in [6.45, 7) is 13.0. The maximum Gasteiger partial charge on any atom is 0.0673 e. The molecule has 0 N–H and O–H groups in total. The summed E-state index contributed by atoms with van der Waals surface area (Å²) < 4.78 is 2.28. The van der Waals surface area contributed by atoms with E-state index in [4.69, 9.17) is 11.6 Å². The zero-order valence-electron chi connectivity index (χ0n) is 17.0. The van der Waals surface area contributed by atoms with E-state index in [0.29, 0.717) is 5.02 Å². The van der Waals surface area contributed by atoms with Crippen molar-refractivity contribution in [2.24, 2.45) is 4.99 Å². The highest BCUT2D eigenvalue weighted by molar-refractivity contribution is 6.30. The second-order valence-corrected chi connectivity index (χ2v) is 8.58. The SMILES string of the molecule is Cc1ccc(Cl)cc1N=Cc1cc(C)n(-c2ccc(C(C)(C)C)cc2)c1C. The van der Waals surface area contributed by atoms with Crippen molar-refractivity contribution in [1.29, 1.82) is 0 Å². The van der Waals surface area contributed by atoms with Crippen molar-refractivity contribution in [1.82, 2.24) is 4.57 Å². The largest absolute Gasteiger partial charge is 0.318 e. The van der Waals surface area contributed by atoms with Gasteiger partial charge in [0.25, 0.3) is 0 Å². The molecule has 2 nitrogen and oxygen atoms in total. The average molecular weight is 379 g/mol. The van der Waals surface area contributed by atoms with Gasteiger partial charge in [0.15, 0.2) is 0 Å². The third kappa shape index (κ3) is 4.17. The maximum atomic E-state index is 6.11. The van der Waals surface area contributed by atoms with Gasteiger partial charge in [-0.1, -0.05) is 50.6 Å². The predicted octanol–water partition coefficient (Wildman–Crippen LogP) is 7.10. The summed E-state index contributed by atoms with van der Waals surface area (Å²) in [7, 11) is 0. The number of halogens is 1. The van der Waals surface area contributed by atoms with Crippen LogP contribution in [0.3, 0.4) is 0 Å². The second kappa shape index (κ2) is 7.36. The maximum absolute atomic E-state index is 6.11. The van der Waals surface area contributed by atoms with E-state index >= 15 is 0 Å². The molecule has 27 heavy (non-hydrogen) atoms. The highest BCUT2D eigenvalue weighted by Crippen LogP contribution is 2.26. The number of aryl methyl sites for hydroxylation is 2. The molecular weight excluding hydrogens is 352 g/mol. The fourth-order valence-electron chi connectivity index (χ4n) is 3.29. The van der Waals surface area contributed by atoms with Gasteiger partial charge in [-0.15, -0.1) is 0 Å². The lowest BCUT2D eigenvalue weighted by Crippen LogP contribution is -2.11. The second-order valence-electron chi connectivity index (χ2n) is 8.15. The van der Waals surface area contributed by atoms with Crippen LogP contribution in [0.4, 0.5) is 5.69 Å². The molecular formula is C24H27ClN2. The molecule has 1 heterocycles. The Morgan fingerprint density at radius 2 is 1.59 bits per heavy atom. The Labute approximate surface area is 167 Å². The molecule has 2 aromatic carbocycles. The monoisotopic (exact) mass is 378 g/mol. The van der Waals surface area contributed by atoms with E-state index in [-0.39, 0.29) is 5.41 Å². The number of aromatic nitrogens is 1. The lowest BCUT2D eigenvalue weighted by atomic mass is 9.87. The summed E-state index contributed by atoms with van der Waals surface area (Å²) in [5.41, 5.74) is 8.19. The molecule has 3 aromatic rings. The minimum absolute atomic E-state index is 0.159. The average Bonchev–Trinajstić information content (AvgIpc) is 2.89. The van der Waals surface area contributed by atoms with Gasteiger partial charge in [-0.3, -0.25) is 4.99 Å². The van der Waals surface area contributed by atoms with Crippen molar-refractivity contribution < 1.29 is 0 Å². The molecule has 0 aliphatic heterocycles. The van der Waals surface area contributed by atoms with Crippen LogP contribution in [0, 0.1) is 20.8 Å². The Bertz CT molecular complexity index is 986. The molecule has 0 amide bonds. The standard InChI is InChI=1S/C24H27ClN2/c1-16-7-10-21(25)14-23(16)26-15-19-13-17(2)27(18(19)3)22-11-8-20(9-12-22)24(4,5)6/h7-15H,1-6H3. The van der Waals surface area contributed by atoms with Crippen molar-refractivity contribution >= 4 is 23.5 Å². The highest BCUT2D eigenvalue weighted by atomic mass is 35.5. The number of benzene rings is 2. The Hall–Kier alpha value is -2.32. The lowest BCUT2D eigenvalue weighted by Gasteiger charge is -2.20. The molecule has 0 radical (unpaired) electrons. The third-order valence-corrected chi connectivity index (χ3v) is 5.21. The molecule has 1 aromatic heterocycles. The van der Waals surface area contributed by atoms with Crippen LogP contribution in [0.15, 0.2) is 53.5 Å². The Kier molecular flexibility index (Phi) is 5.30. The van der Waals surface area contributed by atoms with Crippen LogP contribution in [0.25, 0.3) is 5.69 Å². The lowest BCUT2D eigenvalue weighted by molar-refractivity contribution is 0.590. The number of nitrogens with zero attached hydrogens (tertiary/aromatic N) is 2. The fraction of sp³-hybridized carbons (Fsp3) is 0.292. The summed E-state index contributed by atoms with van der Waals surface area (Å²) in [6, 6.07) is 16.8. The molecule has 0 aliphatic carbocycles. The van der Waals surface area contributed by atoms with Gasteiger partial charge in [-0.05, 0) is 67.6 Å². The van der Waals surface area contributed by atoms with Crippen LogP contribution in [-0.2, 0) is 5.41 Å². The summed E-state index contributed by atoms with van der Waals surface area (Å²) in [6.07, 6.45) is 1.93. The Morgan fingerprint density at radius 3 is 2.22 bits per heavy atom. The van der Waals surface area contributed by atoms with E-state index in [0.717, 1.165) is 16.8 Å². The molecule has 0 aliphatic rings. The summed E-state index contributed by atoms with van der Waals surface area (Å²) in [4.78, 5) is 4.67. The summed E-state index contributed by atoms with van der Waals surface area (Å²) in [5.74, 6) is 0. The Balaban J connectivity index is 1.95. The first-order valence-corrected chi connectivity index (χ1v) is 9.64. The third-order valence-electron chi connectivity index (χ3n) is 4.98.